The minimum atomic E-state index is -3.51. The number of nitrogens with one attached hydrogen (secondary N) is 2. The Morgan fingerprint density at radius 2 is 1.96 bits per heavy atom. The molecule has 24 heavy (non-hydrogen) atoms. The van der Waals surface area contributed by atoms with Gasteiger partial charge in [-0.2, -0.15) is 0 Å². The summed E-state index contributed by atoms with van der Waals surface area (Å²) >= 11 is 0. The van der Waals surface area contributed by atoms with Crippen LogP contribution in [0, 0.1) is 5.82 Å². The van der Waals surface area contributed by atoms with Crippen LogP contribution in [0.25, 0.3) is 0 Å². The van der Waals surface area contributed by atoms with E-state index in [4.69, 9.17) is 0 Å². The third-order valence-corrected chi connectivity index (χ3v) is 5.29. The van der Waals surface area contributed by atoms with Gasteiger partial charge in [0.1, 0.15) is 5.82 Å². The Balaban J connectivity index is 0.00000208. The third-order valence-electron chi connectivity index (χ3n) is 3.97. The zero-order valence-electron chi connectivity index (χ0n) is 13.0. The highest BCUT2D eigenvalue weighted by atomic mass is 35.5. The van der Waals surface area contributed by atoms with Crippen LogP contribution in [0.3, 0.4) is 0 Å². The molecule has 1 heterocycles. The van der Waals surface area contributed by atoms with Crippen molar-refractivity contribution in [3.05, 3.63) is 71.0 Å². The lowest BCUT2D eigenvalue weighted by Gasteiger charge is -2.27. The van der Waals surface area contributed by atoms with Crippen molar-refractivity contribution in [2.45, 2.75) is 18.2 Å². The fraction of sp³-hybridized carbons (Fsp3) is 0.294. The van der Waals surface area contributed by atoms with Gasteiger partial charge >= 0.3 is 0 Å². The summed E-state index contributed by atoms with van der Waals surface area (Å²) in [6.07, 6.45) is 0.947. The number of halogens is 2. The van der Waals surface area contributed by atoms with Crippen LogP contribution in [0.15, 0.2) is 48.5 Å². The maximum absolute atomic E-state index is 13.2. The normalized spacial score (nSPS) is 17.0. The van der Waals surface area contributed by atoms with Gasteiger partial charge in [-0.05, 0) is 41.8 Å². The molecule has 4 nitrogen and oxygen atoms in total. The van der Waals surface area contributed by atoms with Crippen LogP contribution < -0.4 is 10.0 Å². The molecule has 0 radical (unpaired) electrons. The second-order valence-electron chi connectivity index (χ2n) is 5.69. The number of rotatable bonds is 5. The summed E-state index contributed by atoms with van der Waals surface area (Å²) in [6, 6.07) is 13.7. The molecule has 0 saturated carbocycles. The molecule has 0 aliphatic carbocycles. The lowest BCUT2D eigenvalue weighted by atomic mass is 9.95. The first kappa shape index (κ1) is 18.9. The molecule has 3 rings (SSSR count). The van der Waals surface area contributed by atoms with E-state index in [2.05, 4.69) is 16.1 Å². The monoisotopic (exact) mass is 370 g/mol. The highest BCUT2D eigenvalue weighted by Gasteiger charge is 2.21. The first-order valence-electron chi connectivity index (χ1n) is 7.56. The molecule has 1 aliphatic heterocycles. The van der Waals surface area contributed by atoms with Gasteiger partial charge in [0, 0.05) is 12.6 Å². The Labute approximate surface area is 147 Å². The van der Waals surface area contributed by atoms with E-state index in [1.54, 1.807) is 6.07 Å². The molecule has 0 spiro atoms. The topological polar surface area (TPSA) is 58.2 Å². The first-order chi connectivity index (χ1) is 11.0. The molecule has 2 N–H and O–H groups in total. The molecule has 0 bridgehead atoms. The van der Waals surface area contributed by atoms with E-state index in [0.29, 0.717) is 5.56 Å². The van der Waals surface area contributed by atoms with Crippen molar-refractivity contribution in [2.24, 2.45) is 0 Å². The summed E-state index contributed by atoms with van der Waals surface area (Å²) in [7, 11) is -3.51. The van der Waals surface area contributed by atoms with E-state index in [9.17, 15) is 12.8 Å². The number of fused-ring (bicyclic) bond motifs is 1. The largest absolute Gasteiger partial charge is 0.308 e. The van der Waals surface area contributed by atoms with Crippen LogP contribution in [-0.4, -0.2) is 21.5 Å². The van der Waals surface area contributed by atoms with Crippen molar-refractivity contribution in [3.8, 4) is 0 Å². The summed E-state index contributed by atoms with van der Waals surface area (Å²) in [5.74, 6) is -0.653. The van der Waals surface area contributed by atoms with Crippen molar-refractivity contribution >= 4 is 22.4 Å². The lowest BCUT2D eigenvalue weighted by molar-refractivity contribution is 0.491. The van der Waals surface area contributed by atoms with Crippen LogP contribution in [0.1, 0.15) is 22.7 Å². The van der Waals surface area contributed by atoms with Gasteiger partial charge in [0.25, 0.3) is 0 Å². The highest BCUT2D eigenvalue weighted by Crippen LogP contribution is 2.22. The minimum absolute atomic E-state index is 0. The van der Waals surface area contributed by atoms with Crippen LogP contribution >= 0.6 is 12.4 Å². The second-order valence-corrected chi connectivity index (χ2v) is 7.50. The van der Waals surface area contributed by atoms with Crippen molar-refractivity contribution in [1.29, 1.82) is 0 Å². The molecule has 0 amide bonds. The fourth-order valence-corrected chi connectivity index (χ4v) is 4.02. The maximum atomic E-state index is 13.2. The Morgan fingerprint density at radius 1 is 1.17 bits per heavy atom. The van der Waals surface area contributed by atoms with Crippen LogP contribution in [0.4, 0.5) is 4.39 Å². The molecular weight excluding hydrogens is 351 g/mol. The lowest BCUT2D eigenvalue weighted by Crippen LogP contribution is -2.39. The minimum Gasteiger partial charge on any atom is -0.308 e. The standard InChI is InChI=1S/C17H19FN2O2S.ClH/c18-15-6-3-4-13(10-15)12-23(21,22)20-11-17-16-7-2-1-5-14(16)8-9-19-17;/h1-7,10,17,19-20H,8-9,11-12H2;1H. The number of hydrogen-bond acceptors (Lipinski definition) is 3. The number of hydrogen-bond donors (Lipinski definition) is 2. The van der Waals surface area contributed by atoms with Crippen molar-refractivity contribution < 1.29 is 12.8 Å². The van der Waals surface area contributed by atoms with Gasteiger partial charge in [-0.15, -0.1) is 12.4 Å². The number of benzene rings is 2. The Morgan fingerprint density at radius 3 is 2.75 bits per heavy atom. The molecule has 130 valence electrons. The highest BCUT2D eigenvalue weighted by molar-refractivity contribution is 7.88. The van der Waals surface area contributed by atoms with Gasteiger partial charge in [0.15, 0.2) is 0 Å². The zero-order chi connectivity index (χ0) is 16.3. The Hall–Kier alpha value is -1.47. The van der Waals surface area contributed by atoms with Gasteiger partial charge in [-0.1, -0.05) is 36.4 Å². The van der Waals surface area contributed by atoms with Crippen LogP contribution in [-0.2, 0) is 22.2 Å². The second kappa shape index (κ2) is 8.07. The van der Waals surface area contributed by atoms with Gasteiger partial charge in [0.05, 0.1) is 5.75 Å². The van der Waals surface area contributed by atoms with Crippen molar-refractivity contribution in [3.63, 3.8) is 0 Å². The van der Waals surface area contributed by atoms with E-state index in [1.807, 2.05) is 18.2 Å². The fourth-order valence-electron chi connectivity index (χ4n) is 2.88. The summed E-state index contributed by atoms with van der Waals surface area (Å²) in [6.45, 7) is 1.11. The maximum Gasteiger partial charge on any atom is 0.215 e. The van der Waals surface area contributed by atoms with Gasteiger partial charge in [0.2, 0.25) is 10.0 Å². The molecular formula is C17H20ClFN2O2S. The molecule has 2 aromatic carbocycles. The SMILES string of the molecule is Cl.O=S(=O)(Cc1cccc(F)c1)NCC1NCCc2ccccc21. The third kappa shape index (κ3) is 4.77. The van der Waals surface area contributed by atoms with Gasteiger partial charge in [-0.25, -0.2) is 17.5 Å². The van der Waals surface area contributed by atoms with Crippen molar-refractivity contribution in [1.82, 2.24) is 10.0 Å². The van der Waals surface area contributed by atoms with Crippen LogP contribution in [0.5, 0.6) is 0 Å². The predicted molar refractivity (Wildman–Crippen MR) is 95.2 cm³/mol. The molecule has 1 aliphatic rings. The summed E-state index contributed by atoms with van der Waals surface area (Å²) in [5.41, 5.74) is 2.82. The Kier molecular flexibility index (Phi) is 6.34. The Bertz CT molecular complexity index is 799. The summed E-state index contributed by atoms with van der Waals surface area (Å²) < 4.78 is 40.2. The summed E-state index contributed by atoms with van der Waals surface area (Å²) in [5, 5.41) is 3.33. The average Bonchev–Trinajstić information content (AvgIpc) is 2.52. The van der Waals surface area contributed by atoms with E-state index in [1.165, 1.54) is 23.8 Å². The van der Waals surface area contributed by atoms with Crippen LogP contribution in [0.2, 0.25) is 0 Å². The molecule has 7 heteroatoms. The van der Waals surface area contributed by atoms with E-state index >= 15 is 0 Å². The quantitative estimate of drug-likeness (QED) is 0.850. The number of sulfonamides is 1. The zero-order valence-corrected chi connectivity index (χ0v) is 14.7. The predicted octanol–water partition coefficient (Wildman–Crippen LogP) is 2.55. The molecule has 0 saturated heterocycles. The van der Waals surface area contributed by atoms with E-state index < -0.39 is 15.8 Å². The summed E-state index contributed by atoms with van der Waals surface area (Å²) in [4.78, 5) is 0. The molecule has 0 aromatic heterocycles. The smallest absolute Gasteiger partial charge is 0.215 e. The molecule has 1 unspecified atom stereocenters. The molecule has 1 atom stereocenters. The van der Waals surface area contributed by atoms with Crippen molar-refractivity contribution in [2.75, 3.05) is 13.1 Å². The average molecular weight is 371 g/mol. The molecule has 2 aromatic rings. The molecule has 0 fully saturated rings. The van der Waals surface area contributed by atoms with Gasteiger partial charge in [-0.3, -0.25) is 0 Å². The van der Waals surface area contributed by atoms with Gasteiger partial charge < -0.3 is 5.32 Å². The van der Waals surface area contributed by atoms with E-state index in [-0.39, 0.29) is 30.7 Å². The van der Waals surface area contributed by atoms with E-state index in [0.717, 1.165) is 18.5 Å². The first-order valence-corrected chi connectivity index (χ1v) is 9.22.